The van der Waals surface area contributed by atoms with E-state index in [0.29, 0.717) is 0 Å². The zero-order chi connectivity index (χ0) is 9.26. The Morgan fingerprint density at radius 2 is 2.15 bits per heavy atom. The number of nitrogens with one attached hydrogen (secondary N) is 1. The molecule has 68 valence electrons. The molecule has 0 saturated carbocycles. The summed E-state index contributed by atoms with van der Waals surface area (Å²) < 4.78 is 5.13. The first kappa shape index (κ1) is 7.98. The smallest absolute Gasteiger partial charge is 0.119 e. The molecule has 1 aliphatic heterocycles. The van der Waals surface area contributed by atoms with E-state index in [1.54, 1.807) is 7.11 Å². The molecular weight excluding hydrogens is 164 g/mol. The van der Waals surface area contributed by atoms with Crippen molar-refractivity contribution < 1.29 is 4.74 Å². The largest absolute Gasteiger partial charge is 0.497 e. The van der Waals surface area contributed by atoms with Gasteiger partial charge in [0.05, 0.1) is 7.11 Å². The fourth-order valence-corrected chi connectivity index (χ4v) is 1.34. The van der Waals surface area contributed by atoms with Crippen LogP contribution in [0.25, 0.3) is 12.4 Å². The van der Waals surface area contributed by atoms with Crippen LogP contribution in [0.4, 0.5) is 0 Å². The molecule has 13 heavy (non-hydrogen) atoms. The van der Waals surface area contributed by atoms with Crippen molar-refractivity contribution in [2.45, 2.75) is 0 Å². The number of fused-ring (bicyclic) bond motifs is 1. The van der Waals surface area contributed by atoms with Crippen molar-refractivity contribution in [2.24, 2.45) is 0 Å². The zero-order valence-electron chi connectivity index (χ0n) is 7.74. The van der Waals surface area contributed by atoms with Crippen LogP contribution in [0.1, 0.15) is 0 Å². The highest BCUT2D eigenvalue weighted by Gasteiger charge is 1.97. The monoisotopic (exact) mass is 176 g/mol. The first-order valence-corrected chi connectivity index (χ1v) is 4.15. The van der Waals surface area contributed by atoms with Gasteiger partial charge in [0.2, 0.25) is 0 Å². The number of nitrogens with zero attached hydrogens (tertiary/aromatic N) is 1. The van der Waals surface area contributed by atoms with E-state index in [1.807, 2.05) is 42.7 Å². The van der Waals surface area contributed by atoms with Crippen LogP contribution in [0.2, 0.25) is 0 Å². The summed E-state index contributed by atoms with van der Waals surface area (Å²) in [6, 6.07) is 6.01. The summed E-state index contributed by atoms with van der Waals surface area (Å²) in [6.45, 7) is 0. The predicted octanol–water partition coefficient (Wildman–Crippen LogP) is -0.379. The van der Waals surface area contributed by atoms with Crippen LogP contribution in [0, 0.1) is 0 Å². The number of rotatable bonds is 1. The van der Waals surface area contributed by atoms with Crippen molar-refractivity contribution in [2.75, 3.05) is 14.2 Å². The van der Waals surface area contributed by atoms with Crippen LogP contribution in [0.5, 0.6) is 5.75 Å². The number of ether oxygens (including phenoxy) is 1. The maximum atomic E-state index is 5.13. The van der Waals surface area contributed by atoms with E-state index in [9.17, 15) is 0 Å². The van der Waals surface area contributed by atoms with Gasteiger partial charge in [0.1, 0.15) is 5.75 Å². The van der Waals surface area contributed by atoms with E-state index >= 15 is 0 Å². The molecule has 0 aliphatic carbocycles. The number of hydrogen-bond acceptors (Lipinski definition) is 3. The molecule has 3 nitrogen and oxygen atoms in total. The summed E-state index contributed by atoms with van der Waals surface area (Å²) in [5.41, 5.74) is 3.09. The van der Waals surface area contributed by atoms with E-state index in [0.717, 1.165) is 11.0 Å². The Hall–Kier alpha value is -1.64. The normalized spacial score (nSPS) is 13.5. The van der Waals surface area contributed by atoms with E-state index in [4.69, 9.17) is 4.74 Å². The van der Waals surface area contributed by atoms with Crippen molar-refractivity contribution in [3.63, 3.8) is 0 Å². The number of hydrogen-bond donors (Lipinski definition) is 1. The Bertz CT molecular complexity index is 425. The van der Waals surface area contributed by atoms with Gasteiger partial charge in [-0.1, -0.05) is 0 Å². The predicted molar refractivity (Wildman–Crippen MR) is 52.1 cm³/mol. The van der Waals surface area contributed by atoms with Crippen molar-refractivity contribution in [1.29, 1.82) is 0 Å². The lowest BCUT2D eigenvalue weighted by molar-refractivity contribution is 0.413. The summed E-state index contributed by atoms with van der Waals surface area (Å²) in [4.78, 5) is 0. The minimum atomic E-state index is 0.884. The molecule has 2 rings (SSSR count). The van der Waals surface area contributed by atoms with Gasteiger partial charge in [-0.2, -0.15) is 0 Å². The van der Waals surface area contributed by atoms with E-state index in [2.05, 4.69) is 5.43 Å². The molecule has 1 N–H and O–H groups in total. The minimum Gasteiger partial charge on any atom is -0.497 e. The second-order valence-corrected chi connectivity index (χ2v) is 3.01. The molecule has 0 aromatic heterocycles. The third kappa shape index (κ3) is 1.45. The molecule has 1 aliphatic rings. The molecule has 3 heteroatoms. The topological polar surface area (TPSA) is 24.5 Å². The molecule has 0 atom stereocenters. The molecule has 0 fully saturated rings. The summed E-state index contributed by atoms with van der Waals surface area (Å²) in [5.74, 6) is 0.884. The maximum absolute atomic E-state index is 5.13. The van der Waals surface area contributed by atoms with Gasteiger partial charge in [-0.15, -0.1) is 0 Å². The molecule has 1 aromatic carbocycles. The highest BCUT2D eigenvalue weighted by molar-refractivity contribution is 5.38. The second kappa shape index (κ2) is 3.01. The van der Waals surface area contributed by atoms with Gasteiger partial charge >= 0.3 is 0 Å². The van der Waals surface area contributed by atoms with Crippen molar-refractivity contribution in [3.8, 4) is 5.75 Å². The zero-order valence-corrected chi connectivity index (χ0v) is 7.74. The van der Waals surface area contributed by atoms with Crippen LogP contribution >= 0.6 is 0 Å². The number of hydrazine groups is 1. The van der Waals surface area contributed by atoms with E-state index < -0.39 is 0 Å². The maximum Gasteiger partial charge on any atom is 0.119 e. The molecule has 0 spiro atoms. The first-order valence-electron chi connectivity index (χ1n) is 4.15. The molecule has 0 radical (unpaired) electrons. The van der Waals surface area contributed by atoms with Crippen molar-refractivity contribution in [3.05, 3.63) is 28.6 Å². The second-order valence-electron chi connectivity index (χ2n) is 3.01. The lowest BCUT2D eigenvalue weighted by Crippen LogP contribution is -2.39. The average molecular weight is 176 g/mol. The molecule has 0 saturated heterocycles. The lowest BCUT2D eigenvalue weighted by atomic mass is 10.2. The standard InChI is InChI=1S/C10H12N2O/c1-12-7-8-3-4-10(13-2)5-9(8)6-11-12/h3-7,11H,1-2H3. The molecule has 0 amide bonds. The van der Waals surface area contributed by atoms with Crippen molar-refractivity contribution in [1.82, 2.24) is 10.4 Å². The van der Waals surface area contributed by atoms with Gasteiger partial charge < -0.3 is 10.2 Å². The average Bonchev–Trinajstić information content (AvgIpc) is 2.17. The Labute approximate surface area is 76.9 Å². The molecule has 1 aromatic rings. The molecular formula is C10H12N2O. The quantitative estimate of drug-likeness (QED) is 0.631. The first-order chi connectivity index (χ1) is 6.29. The summed E-state index contributed by atoms with van der Waals surface area (Å²) in [6.07, 6.45) is 3.99. The number of methoxy groups -OCH3 is 1. The van der Waals surface area contributed by atoms with Crippen LogP contribution in [-0.2, 0) is 0 Å². The minimum absolute atomic E-state index is 0.884. The molecule has 1 heterocycles. The van der Waals surface area contributed by atoms with E-state index in [1.165, 1.54) is 5.22 Å². The fourth-order valence-electron chi connectivity index (χ4n) is 1.34. The van der Waals surface area contributed by atoms with Gasteiger partial charge in [-0.3, -0.25) is 5.01 Å². The van der Waals surface area contributed by atoms with Crippen molar-refractivity contribution >= 4 is 12.4 Å². The van der Waals surface area contributed by atoms with Gasteiger partial charge in [-0.05, 0) is 18.2 Å². The lowest BCUT2D eigenvalue weighted by Gasteiger charge is -2.17. The van der Waals surface area contributed by atoms with Crippen LogP contribution in [0.3, 0.4) is 0 Å². The summed E-state index contributed by atoms with van der Waals surface area (Å²) >= 11 is 0. The number of benzene rings is 1. The fraction of sp³-hybridized carbons (Fsp3) is 0.200. The Morgan fingerprint density at radius 1 is 1.31 bits per heavy atom. The van der Waals surface area contributed by atoms with Gasteiger partial charge in [0.15, 0.2) is 0 Å². The Kier molecular flexibility index (Phi) is 1.85. The third-order valence-electron chi connectivity index (χ3n) is 2.05. The third-order valence-corrected chi connectivity index (χ3v) is 2.05. The van der Waals surface area contributed by atoms with Crippen LogP contribution in [-0.4, -0.2) is 19.2 Å². The van der Waals surface area contributed by atoms with Crippen LogP contribution in [0.15, 0.2) is 18.2 Å². The van der Waals surface area contributed by atoms with Gasteiger partial charge in [0, 0.05) is 29.9 Å². The van der Waals surface area contributed by atoms with E-state index in [-0.39, 0.29) is 0 Å². The highest BCUT2D eigenvalue weighted by Crippen LogP contribution is 2.01. The molecule has 0 bridgehead atoms. The van der Waals surface area contributed by atoms with Gasteiger partial charge in [0.25, 0.3) is 0 Å². The highest BCUT2D eigenvalue weighted by atomic mass is 16.5. The summed E-state index contributed by atoms with van der Waals surface area (Å²) in [7, 11) is 3.64. The Balaban J connectivity index is 2.60. The van der Waals surface area contributed by atoms with Gasteiger partial charge in [-0.25, -0.2) is 0 Å². The molecule has 0 unspecified atom stereocenters. The Morgan fingerprint density at radius 3 is 2.92 bits per heavy atom. The van der Waals surface area contributed by atoms with Crippen LogP contribution < -0.4 is 20.6 Å². The SMILES string of the molecule is COc1ccc2c(c1)=CNN(C)C=2. The summed E-state index contributed by atoms with van der Waals surface area (Å²) in [5, 5.41) is 4.26.